The normalized spacial score (nSPS) is 15.8. The van der Waals surface area contributed by atoms with Crippen molar-refractivity contribution in [1.29, 1.82) is 0 Å². The summed E-state index contributed by atoms with van der Waals surface area (Å²) in [4.78, 5) is 15.6. The number of anilines is 1. The SMILES string of the molecule is CCOC(=O)c1ncn(CCCC2CCCC2)c1N. The fourth-order valence-corrected chi connectivity index (χ4v) is 2.78. The summed E-state index contributed by atoms with van der Waals surface area (Å²) in [5.41, 5.74) is 6.17. The Morgan fingerprint density at radius 2 is 2.26 bits per heavy atom. The van der Waals surface area contributed by atoms with Crippen molar-refractivity contribution in [3.8, 4) is 0 Å². The number of hydrogen-bond donors (Lipinski definition) is 1. The van der Waals surface area contributed by atoms with E-state index in [0.717, 1.165) is 18.9 Å². The molecule has 1 aliphatic rings. The van der Waals surface area contributed by atoms with Crippen molar-refractivity contribution in [3.63, 3.8) is 0 Å². The van der Waals surface area contributed by atoms with Crippen LogP contribution in [0.4, 0.5) is 5.82 Å². The van der Waals surface area contributed by atoms with Gasteiger partial charge in [-0.15, -0.1) is 0 Å². The first-order valence-electron chi connectivity index (χ1n) is 7.20. The molecular weight excluding hydrogens is 242 g/mol. The Morgan fingerprint density at radius 1 is 1.53 bits per heavy atom. The summed E-state index contributed by atoms with van der Waals surface area (Å²) < 4.78 is 6.76. The molecule has 1 aliphatic carbocycles. The van der Waals surface area contributed by atoms with Gasteiger partial charge < -0.3 is 15.0 Å². The van der Waals surface area contributed by atoms with E-state index in [2.05, 4.69) is 4.98 Å². The number of nitrogens with zero attached hydrogens (tertiary/aromatic N) is 2. The maximum atomic E-state index is 11.6. The quantitative estimate of drug-likeness (QED) is 0.803. The summed E-state index contributed by atoms with van der Waals surface area (Å²) in [5.74, 6) is 0.869. The Hall–Kier alpha value is -1.52. The van der Waals surface area contributed by atoms with E-state index in [9.17, 15) is 4.79 Å². The van der Waals surface area contributed by atoms with Gasteiger partial charge in [-0.25, -0.2) is 9.78 Å². The van der Waals surface area contributed by atoms with E-state index in [0.29, 0.717) is 12.4 Å². The van der Waals surface area contributed by atoms with Crippen LogP contribution < -0.4 is 5.73 Å². The predicted octanol–water partition coefficient (Wildman–Crippen LogP) is 2.61. The van der Waals surface area contributed by atoms with Crippen LogP contribution in [0.3, 0.4) is 0 Å². The number of imidazole rings is 1. The Kier molecular flexibility index (Phi) is 4.82. The van der Waals surface area contributed by atoms with Crippen molar-refractivity contribution in [3.05, 3.63) is 12.0 Å². The number of rotatable bonds is 6. The number of nitrogens with two attached hydrogens (primary N) is 1. The molecule has 0 spiro atoms. The second-order valence-electron chi connectivity index (χ2n) is 5.18. The van der Waals surface area contributed by atoms with Crippen molar-refractivity contribution in [2.45, 2.75) is 52.0 Å². The largest absolute Gasteiger partial charge is 0.461 e. The zero-order valence-corrected chi connectivity index (χ0v) is 11.6. The first kappa shape index (κ1) is 13.9. The number of ether oxygens (including phenoxy) is 1. The van der Waals surface area contributed by atoms with Gasteiger partial charge in [0, 0.05) is 6.54 Å². The lowest BCUT2D eigenvalue weighted by Gasteiger charge is -2.09. The third-order valence-electron chi connectivity index (χ3n) is 3.83. The fraction of sp³-hybridized carbons (Fsp3) is 0.714. The summed E-state index contributed by atoms with van der Waals surface area (Å²) in [5, 5.41) is 0. The van der Waals surface area contributed by atoms with Crippen LogP contribution in [-0.2, 0) is 11.3 Å². The lowest BCUT2D eigenvalue weighted by atomic mass is 10.0. The molecule has 0 saturated heterocycles. The summed E-state index contributed by atoms with van der Waals surface area (Å²) in [6.07, 6.45) is 9.47. The van der Waals surface area contributed by atoms with Crippen LogP contribution in [0.15, 0.2) is 6.33 Å². The van der Waals surface area contributed by atoms with Gasteiger partial charge in [0.05, 0.1) is 12.9 Å². The van der Waals surface area contributed by atoms with Gasteiger partial charge in [-0.2, -0.15) is 0 Å². The predicted molar refractivity (Wildman–Crippen MR) is 73.8 cm³/mol. The highest BCUT2D eigenvalue weighted by molar-refractivity contribution is 5.92. The van der Waals surface area contributed by atoms with E-state index in [1.807, 2.05) is 4.57 Å². The fourth-order valence-electron chi connectivity index (χ4n) is 2.78. The molecule has 2 rings (SSSR count). The summed E-state index contributed by atoms with van der Waals surface area (Å²) in [7, 11) is 0. The minimum atomic E-state index is -0.436. The molecule has 1 saturated carbocycles. The average Bonchev–Trinajstić information content (AvgIpc) is 3.01. The monoisotopic (exact) mass is 265 g/mol. The Bertz CT molecular complexity index is 422. The minimum Gasteiger partial charge on any atom is -0.461 e. The molecule has 0 radical (unpaired) electrons. The molecule has 0 unspecified atom stereocenters. The molecule has 1 aromatic heterocycles. The molecule has 106 valence electrons. The molecule has 0 atom stereocenters. The third-order valence-corrected chi connectivity index (χ3v) is 3.83. The number of nitrogen functional groups attached to an aromatic ring is 1. The standard InChI is InChI=1S/C14H23N3O2/c1-2-19-14(18)12-13(15)17(10-16-12)9-5-8-11-6-3-4-7-11/h10-11H,2-9,15H2,1H3. The Labute approximate surface area is 114 Å². The highest BCUT2D eigenvalue weighted by Gasteiger charge is 2.18. The molecule has 5 nitrogen and oxygen atoms in total. The first-order chi connectivity index (χ1) is 9.22. The van der Waals surface area contributed by atoms with Crippen LogP contribution in [0.25, 0.3) is 0 Å². The van der Waals surface area contributed by atoms with Crippen molar-refractivity contribution < 1.29 is 9.53 Å². The number of carbonyl (C=O) groups is 1. The molecular formula is C14H23N3O2. The van der Waals surface area contributed by atoms with E-state index in [1.54, 1.807) is 13.3 Å². The molecule has 1 fully saturated rings. The molecule has 0 bridgehead atoms. The average molecular weight is 265 g/mol. The molecule has 0 aliphatic heterocycles. The number of aromatic nitrogens is 2. The van der Waals surface area contributed by atoms with Crippen molar-refractivity contribution >= 4 is 11.8 Å². The second kappa shape index (κ2) is 6.59. The van der Waals surface area contributed by atoms with Crippen LogP contribution in [-0.4, -0.2) is 22.1 Å². The number of carbonyl (C=O) groups excluding carboxylic acids is 1. The number of aryl methyl sites for hydroxylation is 1. The van der Waals surface area contributed by atoms with Crippen molar-refractivity contribution in [2.75, 3.05) is 12.3 Å². The molecule has 19 heavy (non-hydrogen) atoms. The summed E-state index contributed by atoms with van der Waals surface area (Å²) in [6, 6.07) is 0. The smallest absolute Gasteiger partial charge is 0.360 e. The second-order valence-corrected chi connectivity index (χ2v) is 5.18. The van der Waals surface area contributed by atoms with Gasteiger partial charge in [0.2, 0.25) is 0 Å². The molecule has 0 amide bonds. The molecule has 5 heteroatoms. The minimum absolute atomic E-state index is 0.239. The molecule has 0 aromatic carbocycles. The van der Waals surface area contributed by atoms with Crippen LogP contribution in [0.5, 0.6) is 0 Å². The van der Waals surface area contributed by atoms with Crippen LogP contribution >= 0.6 is 0 Å². The first-order valence-corrected chi connectivity index (χ1v) is 7.20. The lowest BCUT2D eigenvalue weighted by molar-refractivity contribution is 0.0521. The van der Waals surface area contributed by atoms with E-state index in [4.69, 9.17) is 10.5 Å². The van der Waals surface area contributed by atoms with E-state index in [1.165, 1.54) is 32.1 Å². The van der Waals surface area contributed by atoms with Gasteiger partial charge in [0.1, 0.15) is 5.82 Å². The van der Waals surface area contributed by atoms with Gasteiger partial charge in [0.25, 0.3) is 0 Å². The van der Waals surface area contributed by atoms with Crippen molar-refractivity contribution in [2.24, 2.45) is 5.92 Å². The Morgan fingerprint density at radius 3 is 2.95 bits per heavy atom. The van der Waals surface area contributed by atoms with E-state index >= 15 is 0 Å². The van der Waals surface area contributed by atoms with Gasteiger partial charge in [-0.1, -0.05) is 25.7 Å². The highest BCUT2D eigenvalue weighted by Crippen LogP contribution is 2.28. The van der Waals surface area contributed by atoms with Gasteiger partial charge in [-0.05, 0) is 25.7 Å². The van der Waals surface area contributed by atoms with Gasteiger partial charge in [-0.3, -0.25) is 0 Å². The maximum Gasteiger partial charge on any atom is 0.360 e. The third kappa shape index (κ3) is 3.49. The summed E-state index contributed by atoms with van der Waals surface area (Å²) >= 11 is 0. The topological polar surface area (TPSA) is 70.1 Å². The molecule has 2 N–H and O–H groups in total. The van der Waals surface area contributed by atoms with Crippen molar-refractivity contribution in [1.82, 2.24) is 9.55 Å². The van der Waals surface area contributed by atoms with Crippen LogP contribution in [0, 0.1) is 5.92 Å². The Balaban J connectivity index is 1.85. The molecule has 1 heterocycles. The van der Waals surface area contributed by atoms with Gasteiger partial charge in [0.15, 0.2) is 5.69 Å². The van der Waals surface area contributed by atoms with E-state index < -0.39 is 5.97 Å². The lowest BCUT2D eigenvalue weighted by Crippen LogP contribution is -2.10. The van der Waals surface area contributed by atoms with E-state index in [-0.39, 0.29) is 5.69 Å². The highest BCUT2D eigenvalue weighted by atomic mass is 16.5. The van der Waals surface area contributed by atoms with Gasteiger partial charge >= 0.3 is 5.97 Å². The molecule has 1 aromatic rings. The van der Waals surface area contributed by atoms with Crippen LogP contribution in [0.1, 0.15) is 55.9 Å². The van der Waals surface area contributed by atoms with Crippen LogP contribution in [0.2, 0.25) is 0 Å². The summed E-state index contributed by atoms with van der Waals surface area (Å²) in [6.45, 7) is 2.94. The maximum absolute atomic E-state index is 11.6. The number of esters is 1. The zero-order valence-electron chi connectivity index (χ0n) is 11.6. The number of hydrogen-bond acceptors (Lipinski definition) is 4. The zero-order chi connectivity index (χ0) is 13.7.